The normalized spacial score (nSPS) is 25.9. The van der Waals surface area contributed by atoms with Gasteiger partial charge in [0.2, 0.25) is 0 Å². The first-order chi connectivity index (χ1) is 16.8. The molecule has 0 radical (unpaired) electrons. The number of carbonyl (C=O) groups is 1. The van der Waals surface area contributed by atoms with Crippen LogP contribution in [0.15, 0.2) is 46.0 Å². The molecule has 0 unspecified atom stereocenters. The summed E-state index contributed by atoms with van der Waals surface area (Å²) in [6, 6.07) is 1.42. The highest BCUT2D eigenvalue weighted by Crippen LogP contribution is 2.40. The summed E-state index contributed by atoms with van der Waals surface area (Å²) >= 11 is 7.59. The van der Waals surface area contributed by atoms with Crippen LogP contribution in [0, 0.1) is 5.82 Å². The van der Waals surface area contributed by atoms with Gasteiger partial charge in [-0.1, -0.05) is 23.7 Å². The number of carbonyl (C=O) groups excluding carboxylic acids is 1. The number of nitrogens with one attached hydrogen (secondary N) is 2. The number of aliphatic imine (C=N–C) groups is 1. The van der Waals surface area contributed by atoms with Crippen molar-refractivity contribution < 1.29 is 27.5 Å². The average Bonchev–Trinajstić information content (AvgIpc) is 3.56. The molecule has 35 heavy (non-hydrogen) atoms. The topological polar surface area (TPSA) is 88.1 Å². The molecule has 2 N–H and O–H groups in total. The van der Waals surface area contributed by atoms with Crippen molar-refractivity contribution in [3.8, 4) is 0 Å². The number of rotatable bonds is 6. The molecule has 8 nitrogen and oxygen atoms in total. The van der Waals surface area contributed by atoms with Crippen molar-refractivity contribution in [1.29, 1.82) is 0 Å². The van der Waals surface area contributed by atoms with E-state index in [4.69, 9.17) is 21.2 Å². The van der Waals surface area contributed by atoms with Crippen LogP contribution in [0.25, 0.3) is 0 Å². The monoisotopic (exact) mass is 527 g/mol. The first kappa shape index (κ1) is 24.2. The molecule has 3 aliphatic rings. The third-order valence-electron chi connectivity index (χ3n) is 6.08. The summed E-state index contributed by atoms with van der Waals surface area (Å²) in [6.45, 7) is 1.20. The fourth-order valence-corrected chi connectivity index (χ4v) is 5.34. The SMILES string of the molecule is CCOC(=O)C1=C(CN2CC(F)(F)[C@@H]3NOC[C@@H]32)NC(c2nccs2)=N[C@H]1c1cccc(F)c1Cl. The lowest BCUT2D eigenvalue weighted by Gasteiger charge is -2.30. The van der Waals surface area contributed by atoms with Gasteiger partial charge >= 0.3 is 5.97 Å². The molecule has 0 spiro atoms. The maximum absolute atomic E-state index is 14.6. The molecule has 0 amide bonds. The van der Waals surface area contributed by atoms with Crippen molar-refractivity contribution in [2.24, 2.45) is 4.99 Å². The van der Waals surface area contributed by atoms with Crippen molar-refractivity contribution in [1.82, 2.24) is 20.7 Å². The van der Waals surface area contributed by atoms with Gasteiger partial charge in [0.05, 0.1) is 36.4 Å². The number of amidine groups is 1. The van der Waals surface area contributed by atoms with E-state index in [0.29, 0.717) is 16.5 Å². The Balaban J connectivity index is 1.61. The minimum Gasteiger partial charge on any atom is -0.463 e. The minimum atomic E-state index is -3.03. The molecule has 2 fully saturated rings. The van der Waals surface area contributed by atoms with Crippen molar-refractivity contribution in [2.75, 3.05) is 26.3 Å². The second-order valence-electron chi connectivity index (χ2n) is 8.24. The summed E-state index contributed by atoms with van der Waals surface area (Å²) in [5.74, 6) is -4.09. The molecular formula is C22H21ClF3N5O3S. The number of halogens is 4. The van der Waals surface area contributed by atoms with Crippen molar-refractivity contribution >= 4 is 34.7 Å². The van der Waals surface area contributed by atoms with E-state index in [0.717, 1.165) is 0 Å². The zero-order valence-corrected chi connectivity index (χ0v) is 20.0. The standard InChI is InChI=1S/C22H21ClF3N5O3S/c1-2-33-21(32)15-13(8-31-10-22(25,26)18-14(31)9-34-30-18)28-19(20-27-6-7-35-20)29-17(15)11-4-3-5-12(24)16(11)23/h3-7,14,17-18,30H,2,8-10H2,1H3,(H,28,29)/t14-,17-,18+/m0/s1. The third kappa shape index (κ3) is 4.45. The molecule has 1 aromatic carbocycles. The van der Waals surface area contributed by atoms with Crippen LogP contribution in [-0.2, 0) is 14.4 Å². The molecule has 4 heterocycles. The van der Waals surface area contributed by atoms with Gasteiger partial charge in [0.25, 0.3) is 5.92 Å². The van der Waals surface area contributed by atoms with E-state index in [1.165, 1.54) is 23.5 Å². The van der Waals surface area contributed by atoms with Crippen molar-refractivity contribution in [3.63, 3.8) is 0 Å². The number of aromatic nitrogens is 1. The maximum atomic E-state index is 14.6. The zero-order valence-electron chi connectivity index (χ0n) is 18.4. The number of esters is 1. The predicted octanol–water partition coefficient (Wildman–Crippen LogP) is 3.07. The number of nitrogens with zero attached hydrogens (tertiary/aromatic N) is 3. The largest absolute Gasteiger partial charge is 0.463 e. The lowest BCUT2D eigenvalue weighted by atomic mass is 9.95. The minimum absolute atomic E-state index is 0.0518. The predicted molar refractivity (Wildman–Crippen MR) is 123 cm³/mol. The zero-order chi connectivity index (χ0) is 24.7. The van der Waals surface area contributed by atoms with Gasteiger partial charge in [-0.25, -0.2) is 22.9 Å². The van der Waals surface area contributed by atoms with Gasteiger partial charge in [0.15, 0.2) is 10.8 Å². The number of alkyl halides is 2. The highest BCUT2D eigenvalue weighted by Gasteiger charge is 2.57. The maximum Gasteiger partial charge on any atom is 0.338 e. The van der Waals surface area contributed by atoms with Crippen molar-refractivity contribution in [3.05, 3.63) is 62.5 Å². The molecule has 5 rings (SSSR count). The fourth-order valence-electron chi connectivity index (χ4n) is 4.52. The Morgan fingerprint density at radius 1 is 1.43 bits per heavy atom. The smallest absolute Gasteiger partial charge is 0.338 e. The van der Waals surface area contributed by atoms with Crippen LogP contribution in [0.3, 0.4) is 0 Å². The average molecular weight is 528 g/mol. The van der Waals surface area contributed by atoms with Crippen LogP contribution in [0.5, 0.6) is 0 Å². The first-order valence-corrected chi connectivity index (χ1v) is 12.1. The van der Waals surface area contributed by atoms with Gasteiger partial charge in [-0.05, 0) is 13.0 Å². The number of thiazole rings is 1. The molecular weight excluding hydrogens is 507 g/mol. The van der Waals surface area contributed by atoms with Crippen LogP contribution >= 0.6 is 22.9 Å². The van der Waals surface area contributed by atoms with Gasteiger partial charge in [0, 0.05) is 29.4 Å². The van der Waals surface area contributed by atoms with E-state index in [1.807, 2.05) is 0 Å². The summed E-state index contributed by atoms with van der Waals surface area (Å²) in [6.07, 6.45) is 1.59. The number of fused-ring (bicyclic) bond motifs is 1. The van der Waals surface area contributed by atoms with Gasteiger partial charge < -0.3 is 10.1 Å². The molecule has 1 aromatic heterocycles. The third-order valence-corrected chi connectivity index (χ3v) is 7.26. The van der Waals surface area contributed by atoms with E-state index >= 15 is 0 Å². The Morgan fingerprint density at radius 3 is 3.00 bits per heavy atom. The molecule has 0 bridgehead atoms. The second-order valence-corrected chi connectivity index (χ2v) is 9.51. The highest BCUT2D eigenvalue weighted by molar-refractivity contribution is 7.11. The molecule has 2 aromatic rings. The Hall–Kier alpha value is -2.51. The summed E-state index contributed by atoms with van der Waals surface area (Å²) in [7, 11) is 0. The Morgan fingerprint density at radius 2 is 2.26 bits per heavy atom. The number of hydroxylamine groups is 1. The molecule has 3 aliphatic heterocycles. The Bertz CT molecular complexity index is 1190. The van der Waals surface area contributed by atoms with E-state index in [9.17, 15) is 18.0 Å². The van der Waals surface area contributed by atoms with Crippen LogP contribution in [0.4, 0.5) is 13.2 Å². The fraction of sp³-hybridized carbons (Fsp3) is 0.409. The Labute approximate surface area is 207 Å². The number of benzene rings is 1. The summed E-state index contributed by atoms with van der Waals surface area (Å²) in [4.78, 5) is 28.7. The summed E-state index contributed by atoms with van der Waals surface area (Å²) < 4.78 is 48.9. The van der Waals surface area contributed by atoms with E-state index in [1.54, 1.807) is 29.5 Å². The van der Waals surface area contributed by atoms with Gasteiger partial charge in [-0.2, -0.15) is 5.48 Å². The number of hydrogen-bond acceptors (Lipinski definition) is 9. The highest BCUT2D eigenvalue weighted by atomic mass is 35.5. The lowest BCUT2D eigenvalue weighted by Crippen LogP contribution is -2.43. The van der Waals surface area contributed by atoms with E-state index in [2.05, 4.69) is 20.8 Å². The van der Waals surface area contributed by atoms with E-state index in [-0.39, 0.29) is 35.9 Å². The van der Waals surface area contributed by atoms with Crippen LogP contribution in [0.2, 0.25) is 5.02 Å². The van der Waals surface area contributed by atoms with Crippen molar-refractivity contribution in [2.45, 2.75) is 31.0 Å². The van der Waals surface area contributed by atoms with Crippen LogP contribution < -0.4 is 10.8 Å². The van der Waals surface area contributed by atoms with Crippen LogP contribution in [-0.4, -0.2) is 66.0 Å². The molecule has 0 saturated carbocycles. The first-order valence-electron chi connectivity index (χ1n) is 10.9. The second kappa shape index (κ2) is 9.51. The number of ether oxygens (including phenoxy) is 1. The Kier molecular flexibility index (Phi) is 6.57. The van der Waals surface area contributed by atoms with E-state index < -0.39 is 42.4 Å². The molecule has 3 atom stereocenters. The molecule has 0 aliphatic carbocycles. The van der Waals surface area contributed by atoms with Gasteiger partial charge in [0.1, 0.15) is 17.9 Å². The quantitative estimate of drug-likeness (QED) is 0.558. The van der Waals surface area contributed by atoms with Crippen LogP contribution in [0.1, 0.15) is 23.5 Å². The molecule has 13 heteroatoms. The molecule has 186 valence electrons. The van der Waals surface area contributed by atoms with Gasteiger partial charge in [-0.3, -0.25) is 14.7 Å². The van der Waals surface area contributed by atoms with Gasteiger partial charge in [-0.15, -0.1) is 11.3 Å². The summed E-state index contributed by atoms with van der Waals surface area (Å²) in [5.41, 5.74) is 3.02. The number of likely N-dealkylation sites (tertiary alicyclic amines) is 1. The number of hydrogen-bond donors (Lipinski definition) is 2. The molecule has 2 saturated heterocycles. The summed E-state index contributed by atoms with van der Waals surface area (Å²) in [5, 5.41) is 5.18. The lowest BCUT2D eigenvalue weighted by molar-refractivity contribution is -0.139.